The minimum Gasteiger partial charge on any atom is -0.366 e. The van der Waals surface area contributed by atoms with E-state index in [1.54, 1.807) is 12.1 Å². The molecule has 0 fully saturated rings. The topological polar surface area (TPSA) is 48.0 Å². The van der Waals surface area contributed by atoms with E-state index < -0.39 is 5.91 Å². The average Bonchev–Trinajstić information content (AvgIpc) is 2.75. The molecule has 3 nitrogen and oxygen atoms in total. The molecule has 0 spiro atoms. The molecule has 0 radical (unpaired) electrons. The molecule has 3 rings (SSSR count). The molecule has 0 saturated heterocycles. The van der Waals surface area contributed by atoms with Crippen LogP contribution in [0.1, 0.15) is 21.5 Å². The van der Waals surface area contributed by atoms with Gasteiger partial charge in [-0.2, -0.15) is 0 Å². The summed E-state index contributed by atoms with van der Waals surface area (Å²) in [6.07, 6.45) is 2.11. The van der Waals surface area contributed by atoms with Crippen LogP contribution in [-0.2, 0) is 6.54 Å². The van der Waals surface area contributed by atoms with Crippen molar-refractivity contribution in [2.24, 2.45) is 5.73 Å². The van der Waals surface area contributed by atoms with Crippen molar-refractivity contribution in [3.05, 3.63) is 70.4 Å². The van der Waals surface area contributed by atoms with E-state index in [0.29, 0.717) is 5.56 Å². The lowest BCUT2D eigenvalue weighted by molar-refractivity contribution is 0.100. The first-order valence-corrected chi connectivity index (χ1v) is 7.06. The Balaban J connectivity index is 1.96. The number of halogens is 1. The highest BCUT2D eigenvalue weighted by Gasteiger charge is 2.07. The molecule has 0 aliphatic rings. The Kier molecular flexibility index (Phi) is 3.43. The Labute approximate surface area is 127 Å². The summed E-state index contributed by atoms with van der Waals surface area (Å²) in [5, 5.41) is 1.91. The quantitative estimate of drug-likeness (QED) is 0.786. The van der Waals surface area contributed by atoms with Crippen LogP contribution in [0.15, 0.2) is 48.7 Å². The van der Waals surface area contributed by atoms with Crippen LogP contribution in [0.25, 0.3) is 10.9 Å². The van der Waals surface area contributed by atoms with Gasteiger partial charge in [0, 0.05) is 34.2 Å². The van der Waals surface area contributed by atoms with E-state index in [1.165, 1.54) is 5.56 Å². The number of hydrogen-bond donors (Lipinski definition) is 1. The third kappa shape index (κ3) is 2.65. The van der Waals surface area contributed by atoms with Gasteiger partial charge in [-0.25, -0.2) is 0 Å². The lowest BCUT2D eigenvalue weighted by Gasteiger charge is -2.06. The number of carbonyl (C=O) groups is 1. The predicted molar refractivity (Wildman–Crippen MR) is 85.7 cm³/mol. The number of primary amides is 1. The highest BCUT2D eigenvalue weighted by molar-refractivity contribution is 6.31. The molecule has 3 aromatic rings. The second-order valence-corrected chi connectivity index (χ2v) is 5.60. The van der Waals surface area contributed by atoms with Gasteiger partial charge in [0.1, 0.15) is 0 Å². The summed E-state index contributed by atoms with van der Waals surface area (Å²) in [5.74, 6) is -0.404. The van der Waals surface area contributed by atoms with Crippen LogP contribution < -0.4 is 5.73 Å². The van der Waals surface area contributed by atoms with E-state index in [4.69, 9.17) is 17.3 Å². The third-order valence-corrected chi connectivity index (χ3v) is 3.87. The Bertz CT molecular complexity index is 819. The molecular weight excluding hydrogens is 284 g/mol. The molecule has 1 heterocycles. The maximum absolute atomic E-state index is 11.1. The maximum Gasteiger partial charge on any atom is 0.248 e. The van der Waals surface area contributed by atoms with E-state index in [0.717, 1.165) is 28.0 Å². The van der Waals surface area contributed by atoms with E-state index in [2.05, 4.69) is 17.7 Å². The minimum atomic E-state index is -0.404. The monoisotopic (exact) mass is 298 g/mol. The number of benzene rings is 2. The number of fused-ring (bicyclic) bond motifs is 1. The molecule has 0 aliphatic heterocycles. The van der Waals surface area contributed by atoms with Crippen LogP contribution in [0.3, 0.4) is 0 Å². The number of aromatic nitrogens is 1. The number of aryl methyl sites for hydroxylation is 1. The first kappa shape index (κ1) is 13.7. The zero-order valence-corrected chi connectivity index (χ0v) is 12.4. The smallest absolute Gasteiger partial charge is 0.248 e. The Morgan fingerprint density at radius 3 is 2.57 bits per heavy atom. The number of carbonyl (C=O) groups excluding carboxylic acids is 1. The molecule has 2 aromatic carbocycles. The van der Waals surface area contributed by atoms with Crippen molar-refractivity contribution in [2.45, 2.75) is 13.5 Å². The highest BCUT2D eigenvalue weighted by atomic mass is 35.5. The summed E-state index contributed by atoms with van der Waals surface area (Å²) in [7, 11) is 0. The van der Waals surface area contributed by atoms with E-state index >= 15 is 0 Å². The fraction of sp³-hybridized carbons (Fsp3) is 0.118. The molecule has 21 heavy (non-hydrogen) atoms. The lowest BCUT2D eigenvalue weighted by Crippen LogP contribution is -2.10. The van der Waals surface area contributed by atoms with Crippen LogP contribution in [0.2, 0.25) is 5.02 Å². The van der Waals surface area contributed by atoms with Crippen molar-refractivity contribution >= 4 is 28.4 Å². The Hall–Kier alpha value is -2.26. The predicted octanol–water partition coefficient (Wildman–Crippen LogP) is 3.75. The summed E-state index contributed by atoms with van der Waals surface area (Å²) in [4.78, 5) is 11.1. The van der Waals surface area contributed by atoms with Crippen LogP contribution in [0.5, 0.6) is 0 Å². The Morgan fingerprint density at radius 2 is 1.90 bits per heavy atom. The average molecular weight is 299 g/mol. The summed E-state index contributed by atoms with van der Waals surface area (Å²) in [6.45, 7) is 2.82. The molecule has 1 aromatic heterocycles. The summed E-state index contributed by atoms with van der Waals surface area (Å²) >= 11 is 6.05. The van der Waals surface area contributed by atoms with Gasteiger partial charge in [0.15, 0.2) is 0 Å². The molecule has 0 aliphatic carbocycles. The maximum atomic E-state index is 11.1. The molecule has 106 valence electrons. The number of rotatable bonds is 3. The lowest BCUT2D eigenvalue weighted by atomic mass is 10.1. The SMILES string of the molecule is Cc1cn(Cc2ccc(C(N)=O)cc2)c2ccc(Cl)cc12. The summed E-state index contributed by atoms with van der Waals surface area (Å²) in [6, 6.07) is 13.3. The van der Waals surface area contributed by atoms with Crippen molar-refractivity contribution < 1.29 is 4.79 Å². The van der Waals surface area contributed by atoms with E-state index in [9.17, 15) is 4.79 Å². The summed E-state index contributed by atoms with van der Waals surface area (Å²) < 4.78 is 2.18. The molecule has 0 saturated carbocycles. The van der Waals surface area contributed by atoms with Gasteiger partial charge in [0.05, 0.1) is 0 Å². The first-order valence-electron chi connectivity index (χ1n) is 6.68. The van der Waals surface area contributed by atoms with Gasteiger partial charge >= 0.3 is 0 Å². The molecular formula is C17H15ClN2O. The molecule has 0 unspecified atom stereocenters. The van der Waals surface area contributed by atoms with Crippen molar-refractivity contribution in [3.8, 4) is 0 Å². The zero-order chi connectivity index (χ0) is 15.0. The van der Waals surface area contributed by atoms with Gasteiger partial charge in [-0.1, -0.05) is 23.7 Å². The Morgan fingerprint density at radius 1 is 1.19 bits per heavy atom. The standard InChI is InChI=1S/C17H15ClN2O/c1-11-9-20(16-7-6-14(18)8-15(11)16)10-12-2-4-13(5-3-12)17(19)21/h2-9H,10H2,1H3,(H2,19,21). The normalized spacial score (nSPS) is 11.0. The van der Waals surface area contributed by atoms with E-state index in [-0.39, 0.29) is 0 Å². The van der Waals surface area contributed by atoms with Crippen molar-refractivity contribution in [1.29, 1.82) is 0 Å². The van der Waals surface area contributed by atoms with Gasteiger partial charge in [0.25, 0.3) is 0 Å². The van der Waals surface area contributed by atoms with Crippen LogP contribution >= 0.6 is 11.6 Å². The fourth-order valence-electron chi connectivity index (χ4n) is 2.55. The largest absolute Gasteiger partial charge is 0.366 e. The summed E-state index contributed by atoms with van der Waals surface area (Å²) in [5.41, 5.74) is 9.24. The van der Waals surface area contributed by atoms with Crippen molar-refractivity contribution in [2.75, 3.05) is 0 Å². The molecule has 1 amide bonds. The van der Waals surface area contributed by atoms with Crippen LogP contribution in [0.4, 0.5) is 0 Å². The first-order chi connectivity index (χ1) is 10.0. The molecule has 2 N–H and O–H groups in total. The van der Waals surface area contributed by atoms with Gasteiger partial charge < -0.3 is 10.3 Å². The zero-order valence-electron chi connectivity index (χ0n) is 11.6. The van der Waals surface area contributed by atoms with Crippen LogP contribution in [0, 0.1) is 6.92 Å². The van der Waals surface area contributed by atoms with Gasteiger partial charge in [-0.05, 0) is 48.4 Å². The van der Waals surface area contributed by atoms with E-state index in [1.807, 2.05) is 30.3 Å². The second-order valence-electron chi connectivity index (χ2n) is 5.16. The minimum absolute atomic E-state index is 0.404. The van der Waals surface area contributed by atoms with Gasteiger partial charge in [0.2, 0.25) is 5.91 Å². The van der Waals surface area contributed by atoms with Gasteiger partial charge in [-0.3, -0.25) is 4.79 Å². The number of nitrogens with two attached hydrogens (primary N) is 1. The van der Waals surface area contributed by atoms with Crippen molar-refractivity contribution in [3.63, 3.8) is 0 Å². The molecule has 0 bridgehead atoms. The third-order valence-electron chi connectivity index (χ3n) is 3.63. The number of amides is 1. The molecule has 0 atom stereocenters. The van der Waals surface area contributed by atoms with Crippen molar-refractivity contribution in [1.82, 2.24) is 4.57 Å². The molecule has 4 heteroatoms. The highest BCUT2D eigenvalue weighted by Crippen LogP contribution is 2.25. The number of nitrogens with zero attached hydrogens (tertiary/aromatic N) is 1. The van der Waals surface area contributed by atoms with Crippen LogP contribution in [-0.4, -0.2) is 10.5 Å². The number of hydrogen-bond acceptors (Lipinski definition) is 1. The van der Waals surface area contributed by atoms with Gasteiger partial charge in [-0.15, -0.1) is 0 Å². The fourth-order valence-corrected chi connectivity index (χ4v) is 2.72. The second kappa shape index (κ2) is 5.26.